The van der Waals surface area contributed by atoms with Crippen molar-refractivity contribution in [3.8, 4) is 5.75 Å². The van der Waals surface area contributed by atoms with Crippen molar-refractivity contribution in [3.05, 3.63) is 24.3 Å². The molecule has 1 aromatic rings. The molecule has 8 heteroatoms. The third kappa shape index (κ3) is 4.83. The molecule has 1 fully saturated rings. The predicted octanol–water partition coefficient (Wildman–Crippen LogP) is -0.335. The van der Waals surface area contributed by atoms with Gasteiger partial charge in [-0.2, -0.15) is 0 Å². The van der Waals surface area contributed by atoms with E-state index in [2.05, 4.69) is 10.3 Å². The Morgan fingerprint density at radius 1 is 1.32 bits per heavy atom. The second-order valence-corrected chi connectivity index (χ2v) is 6.27. The molecule has 1 aromatic carbocycles. The SMILES string of the molecule is CCOc1ccc(N2C(=O)[C@@H](C=NCC[NH+](C)C)C(=O)NC2=S)cc1. The van der Waals surface area contributed by atoms with Gasteiger partial charge in [-0.05, 0) is 43.4 Å². The van der Waals surface area contributed by atoms with Crippen LogP contribution in [0.1, 0.15) is 6.92 Å². The van der Waals surface area contributed by atoms with Crippen LogP contribution in [0.4, 0.5) is 5.69 Å². The number of hydrogen-bond donors (Lipinski definition) is 2. The fourth-order valence-corrected chi connectivity index (χ4v) is 2.59. The van der Waals surface area contributed by atoms with Crippen LogP contribution in [-0.2, 0) is 9.59 Å². The number of thiocarbonyl (C=S) groups is 1. The lowest BCUT2D eigenvalue weighted by Crippen LogP contribution is -3.06. The third-order valence-corrected chi connectivity index (χ3v) is 3.89. The Morgan fingerprint density at radius 2 is 2.00 bits per heavy atom. The number of ether oxygens (including phenoxy) is 1. The van der Waals surface area contributed by atoms with E-state index in [0.29, 0.717) is 24.6 Å². The average molecular weight is 363 g/mol. The summed E-state index contributed by atoms with van der Waals surface area (Å²) in [6, 6.07) is 6.98. The molecule has 0 aromatic heterocycles. The van der Waals surface area contributed by atoms with Crippen LogP contribution in [-0.4, -0.2) is 56.9 Å². The molecule has 1 heterocycles. The lowest BCUT2D eigenvalue weighted by Gasteiger charge is -2.31. The second kappa shape index (κ2) is 8.68. The van der Waals surface area contributed by atoms with Crippen LogP contribution in [0.3, 0.4) is 0 Å². The summed E-state index contributed by atoms with van der Waals surface area (Å²) in [6.45, 7) is 3.82. The number of quaternary nitrogens is 1. The van der Waals surface area contributed by atoms with Crippen LogP contribution in [0.25, 0.3) is 0 Å². The largest absolute Gasteiger partial charge is 0.494 e. The van der Waals surface area contributed by atoms with Crippen LogP contribution in [0, 0.1) is 5.92 Å². The van der Waals surface area contributed by atoms with Crippen LogP contribution in [0.2, 0.25) is 0 Å². The Labute approximate surface area is 152 Å². The van der Waals surface area contributed by atoms with Crippen molar-refractivity contribution in [1.82, 2.24) is 5.32 Å². The van der Waals surface area contributed by atoms with E-state index in [-0.39, 0.29) is 5.11 Å². The first-order valence-electron chi connectivity index (χ1n) is 8.14. The first-order valence-corrected chi connectivity index (χ1v) is 8.55. The van der Waals surface area contributed by atoms with Crippen molar-refractivity contribution >= 4 is 41.0 Å². The minimum absolute atomic E-state index is 0.0709. The third-order valence-electron chi connectivity index (χ3n) is 3.60. The van der Waals surface area contributed by atoms with Gasteiger partial charge >= 0.3 is 0 Å². The molecule has 0 radical (unpaired) electrons. The maximum Gasteiger partial charge on any atom is 0.251 e. The summed E-state index contributed by atoms with van der Waals surface area (Å²) in [7, 11) is 4.03. The normalized spacial score (nSPS) is 18.2. The number of anilines is 1. The lowest BCUT2D eigenvalue weighted by molar-refractivity contribution is -0.856. The number of hydrogen-bond acceptors (Lipinski definition) is 5. The van der Waals surface area contributed by atoms with E-state index in [4.69, 9.17) is 17.0 Å². The number of rotatable bonds is 7. The van der Waals surface area contributed by atoms with Crippen LogP contribution < -0.4 is 19.9 Å². The van der Waals surface area contributed by atoms with Gasteiger partial charge in [0.2, 0.25) is 5.91 Å². The summed E-state index contributed by atoms with van der Waals surface area (Å²) in [6.07, 6.45) is 1.41. The highest BCUT2D eigenvalue weighted by Gasteiger charge is 2.38. The number of nitrogens with zero attached hydrogens (tertiary/aromatic N) is 2. The molecular weight excluding hydrogens is 340 g/mol. The summed E-state index contributed by atoms with van der Waals surface area (Å²) in [5.74, 6) is -1.12. The van der Waals surface area contributed by atoms with Gasteiger partial charge in [-0.25, -0.2) is 0 Å². The van der Waals surface area contributed by atoms with Gasteiger partial charge in [-0.15, -0.1) is 0 Å². The highest BCUT2D eigenvalue weighted by molar-refractivity contribution is 7.80. The number of aliphatic imine (C=N–C) groups is 1. The molecule has 25 heavy (non-hydrogen) atoms. The van der Waals surface area contributed by atoms with E-state index >= 15 is 0 Å². The summed E-state index contributed by atoms with van der Waals surface area (Å²) in [5, 5.41) is 2.64. The van der Waals surface area contributed by atoms with Crippen LogP contribution >= 0.6 is 12.2 Å². The van der Waals surface area contributed by atoms with Gasteiger partial charge in [0.05, 0.1) is 39.5 Å². The van der Waals surface area contributed by atoms with Crippen molar-refractivity contribution in [1.29, 1.82) is 0 Å². The number of benzene rings is 1. The zero-order chi connectivity index (χ0) is 18.4. The molecule has 0 aliphatic carbocycles. The van der Waals surface area contributed by atoms with Gasteiger partial charge in [-0.3, -0.25) is 19.5 Å². The maximum atomic E-state index is 12.7. The van der Waals surface area contributed by atoms with Gasteiger partial charge in [0.1, 0.15) is 5.75 Å². The molecule has 7 nitrogen and oxygen atoms in total. The minimum atomic E-state index is -0.976. The molecule has 134 valence electrons. The van der Waals surface area contributed by atoms with Crippen LogP contribution in [0.15, 0.2) is 29.3 Å². The van der Waals surface area contributed by atoms with Gasteiger partial charge in [-0.1, -0.05) is 0 Å². The monoisotopic (exact) mass is 363 g/mol. The van der Waals surface area contributed by atoms with Crippen molar-refractivity contribution in [3.63, 3.8) is 0 Å². The Balaban J connectivity index is 2.16. The average Bonchev–Trinajstić information content (AvgIpc) is 2.55. The Hall–Kier alpha value is -2.32. The van der Waals surface area contributed by atoms with E-state index < -0.39 is 17.7 Å². The summed E-state index contributed by atoms with van der Waals surface area (Å²) in [5.41, 5.74) is 0.578. The van der Waals surface area contributed by atoms with Crippen molar-refractivity contribution in [2.24, 2.45) is 10.9 Å². The molecule has 0 unspecified atom stereocenters. The fraction of sp³-hybridized carbons (Fsp3) is 0.412. The quantitative estimate of drug-likeness (QED) is 0.395. The fourth-order valence-electron chi connectivity index (χ4n) is 2.29. The number of carbonyl (C=O) groups excluding carboxylic acids is 2. The van der Waals surface area contributed by atoms with Crippen LogP contribution in [0.5, 0.6) is 5.75 Å². The number of nitrogens with one attached hydrogen (secondary N) is 2. The Kier molecular flexibility index (Phi) is 6.60. The second-order valence-electron chi connectivity index (χ2n) is 5.88. The van der Waals surface area contributed by atoms with Crippen molar-refractivity contribution in [2.45, 2.75) is 6.92 Å². The van der Waals surface area contributed by atoms with Gasteiger partial charge in [0.25, 0.3) is 5.91 Å². The number of amides is 2. The zero-order valence-corrected chi connectivity index (χ0v) is 15.4. The predicted molar refractivity (Wildman–Crippen MR) is 100 cm³/mol. The molecule has 1 atom stereocenters. The Bertz CT molecular complexity index is 673. The molecule has 1 saturated heterocycles. The lowest BCUT2D eigenvalue weighted by atomic mass is 10.1. The number of carbonyl (C=O) groups is 2. The summed E-state index contributed by atoms with van der Waals surface area (Å²) < 4.78 is 5.40. The van der Waals surface area contributed by atoms with E-state index in [1.807, 2.05) is 21.0 Å². The van der Waals surface area contributed by atoms with Gasteiger partial charge < -0.3 is 15.0 Å². The number of likely N-dealkylation sites (N-methyl/N-ethyl adjacent to an activating group) is 1. The summed E-state index contributed by atoms with van der Waals surface area (Å²) in [4.78, 5) is 31.6. The first-order chi connectivity index (χ1) is 11.9. The molecule has 1 aliphatic heterocycles. The zero-order valence-electron chi connectivity index (χ0n) is 14.6. The molecule has 1 aliphatic rings. The summed E-state index contributed by atoms with van der Waals surface area (Å²) >= 11 is 5.16. The van der Waals surface area contributed by atoms with Crippen molar-refractivity contribution in [2.75, 3.05) is 38.7 Å². The molecular formula is C17H23N4O3S+. The molecule has 0 bridgehead atoms. The van der Waals surface area contributed by atoms with E-state index in [9.17, 15) is 9.59 Å². The van der Waals surface area contributed by atoms with E-state index in [0.717, 1.165) is 6.54 Å². The first kappa shape index (κ1) is 19.0. The molecule has 2 rings (SSSR count). The molecule has 0 spiro atoms. The highest BCUT2D eigenvalue weighted by Crippen LogP contribution is 2.23. The van der Waals surface area contributed by atoms with Crippen molar-refractivity contribution < 1.29 is 19.2 Å². The topological polar surface area (TPSA) is 75.4 Å². The highest BCUT2D eigenvalue weighted by atomic mass is 32.1. The molecule has 2 amide bonds. The molecule has 0 saturated carbocycles. The van der Waals surface area contributed by atoms with E-state index in [1.165, 1.54) is 16.0 Å². The van der Waals surface area contributed by atoms with Gasteiger partial charge in [0.15, 0.2) is 11.0 Å². The van der Waals surface area contributed by atoms with Gasteiger partial charge in [0, 0.05) is 6.21 Å². The smallest absolute Gasteiger partial charge is 0.251 e. The van der Waals surface area contributed by atoms with E-state index in [1.54, 1.807) is 24.3 Å². The minimum Gasteiger partial charge on any atom is -0.494 e. The maximum absolute atomic E-state index is 12.7. The standard InChI is InChI=1S/C17H22N4O3S/c1-4-24-13-7-5-12(6-8-13)21-16(23)14(15(22)19-17(21)25)11-18-9-10-20(2)3/h5-8,11,14H,4,9-10H2,1-3H3,(H,19,22,25)/p+1/t14-/m0/s1. The molecule has 2 N–H and O–H groups in total. The Morgan fingerprint density at radius 3 is 2.60 bits per heavy atom.